The first-order valence-electron chi connectivity index (χ1n) is 41.5. The number of anilines is 3. The molecule has 606 valence electrons. The first-order chi connectivity index (χ1) is 52.5. The van der Waals surface area contributed by atoms with Crippen LogP contribution in [0.25, 0.3) is 66.5 Å². The van der Waals surface area contributed by atoms with Crippen molar-refractivity contribution in [3.63, 3.8) is 0 Å². The van der Waals surface area contributed by atoms with E-state index in [0.717, 1.165) is 247 Å². The molecule has 3 atom stereocenters. The number of piperazine rings is 3. The van der Waals surface area contributed by atoms with Crippen molar-refractivity contribution in [2.24, 2.45) is 0 Å². The van der Waals surface area contributed by atoms with Gasteiger partial charge in [-0.3, -0.25) is 14.7 Å². The molecule has 6 aromatic heterocycles. The average molecular weight is 1520 g/mol. The molecular formula is C90H138N18O3. The minimum atomic E-state index is -0.169. The zero-order valence-corrected chi connectivity index (χ0v) is 66.5. The summed E-state index contributed by atoms with van der Waals surface area (Å²) in [6.45, 7) is 29.8. The fourth-order valence-corrected chi connectivity index (χ4v) is 17.2. The van der Waals surface area contributed by atoms with E-state index in [1.165, 1.54) is 50.1 Å². The van der Waals surface area contributed by atoms with E-state index < -0.39 is 0 Å². The lowest BCUT2D eigenvalue weighted by molar-refractivity contribution is 0.111. The summed E-state index contributed by atoms with van der Waals surface area (Å²) in [7, 11) is 6.60. The van der Waals surface area contributed by atoms with E-state index in [1.807, 2.05) is 18.6 Å². The Morgan fingerprint density at radius 1 is 0.351 bits per heavy atom. The molecule has 111 heavy (non-hydrogen) atoms. The lowest BCUT2D eigenvalue weighted by Crippen LogP contribution is -2.43. The highest BCUT2D eigenvalue weighted by Gasteiger charge is 2.29. The van der Waals surface area contributed by atoms with Crippen molar-refractivity contribution >= 4 is 50.9 Å². The number of aliphatic hydroxyl groups is 3. The van der Waals surface area contributed by atoms with Gasteiger partial charge in [0, 0.05) is 204 Å². The molecule has 3 aliphatic heterocycles. The zero-order valence-electron chi connectivity index (χ0n) is 66.5. The maximum Gasteiger partial charge on any atom is 0.224 e. The number of likely N-dealkylation sites (N-methyl/N-ethyl adjacent to an activating group) is 3. The first kappa shape index (κ1) is 86.0. The summed E-state index contributed by atoms with van der Waals surface area (Å²) in [6.07, 6.45) is 29.9. The molecule has 6 N–H and O–H groups in total. The van der Waals surface area contributed by atoms with Crippen LogP contribution in [0, 0.1) is 0 Å². The number of rotatable bonds is 24. The summed E-state index contributed by atoms with van der Waals surface area (Å²) in [5.74, 6) is 2.10. The number of nitrogens with one attached hydrogen (secondary N) is 3. The monoisotopic (exact) mass is 1520 g/mol. The van der Waals surface area contributed by atoms with Gasteiger partial charge in [0.05, 0.1) is 18.3 Å². The lowest BCUT2D eigenvalue weighted by atomic mass is 9.93. The van der Waals surface area contributed by atoms with Crippen molar-refractivity contribution in [2.75, 3.05) is 116 Å². The molecule has 9 heterocycles. The number of hydrogen-bond donors (Lipinski definition) is 6. The van der Waals surface area contributed by atoms with Crippen LogP contribution in [0.3, 0.4) is 0 Å². The summed E-state index contributed by atoms with van der Waals surface area (Å²) in [6, 6.07) is 29.3. The summed E-state index contributed by atoms with van der Waals surface area (Å²) in [5.41, 5.74) is 14.3. The number of hydrogen-bond acceptors (Lipinski definition) is 18. The summed E-state index contributed by atoms with van der Waals surface area (Å²) in [4.78, 5) is 43.9. The molecule has 3 saturated carbocycles. The minimum Gasteiger partial charge on any atom is -0.393 e. The molecule has 6 fully saturated rings. The topological polar surface area (TPSA) is 208 Å². The third-order valence-electron chi connectivity index (χ3n) is 24.0. The highest BCUT2D eigenvalue weighted by atomic mass is 16.3. The summed E-state index contributed by atoms with van der Waals surface area (Å²) < 4.78 is 7.06. The molecule has 0 bridgehead atoms. The van der Waals surface area contributed by atoms with Crippen molar-refractivity contribution in [1.82, 2.24) is 73.0 Å². The van der Waals surface area contributed by atoms with Gasteiger partial charge < -0.3 is 59.7 Å². The van der Waals surface area contributed by atoms with Gasteiger partial charge in [-0.05, 0) is 172 Å². The van der Waals surface area contributed by atoms with Gasteiger partial charge in [0.2, 0.25) is 17.8 Å². The third kappa shape index (κ3) is 22.5. The molecule has 0 spiro atoms. The van der Waals surface area contributed by atoms with Crippen LogP contribution in [-0.4, -0.2) is 224 Å². The van der Waals surface area contributed by atoms with Crippen LogP contribution in [0.1, 0.15) is 214 Å². The van der Waals surface area contributed by atoms with Gasteiger partial charge in [-0.2, -0.15) is 15.0 Å². The van der Waals surface area contributed by atoms with E-state index in [4.69, 9.17) is 29.9 Å². The van der Waals surface area contributed by atoms with E-state index in [-0.39, 0.29) is 40.6 Å². The van der Waals surface area contributed by atoms with E-state index in [9.17, 15) is 15.3 Å². The highest BCUT2D eigenvalue weighted by molar-refractivity contribution is 5.96. The second-order valence-electron chi connectivity index (χ2n) is 32.9. The van der Waals surface area contributed by atoms with Crippen molar-refractivity contribution < 1.29 is 15.3 Å². The molecule has 3 saturated heterocycles. The Bertz CT molecular complexity index is 3810. The molecule has 3 aliphatic carbocycles. The molecule has 9 aromatic rings. The normalized spacial score (nSPS) is 22.1. The number of aromatic nitrogens is 9. The second-order valence-corrected chi connectivity index (χ2v) is 32.9. The van der Waals surface area contributed by atoms with Gasteiger partial charge >= 0.3 is 0 Å². The quantitative estimate of drug-likeness (QED) is 0.0332. The average Bonchev–Trinajstić information content (AvgIpc) is 1.63. The largest absolute Gasteiger partial charge is 0.393 e. The molecule has 3 aromatic carbocycles. The van der Waals surface area contributed by atoms with Gasteiger partial charge in [-0.25, -0.2) is 15.0 Å². The molecule has 21 heteroatoms. The van der Waals surface area contributed by atoms with Crippen LogP contribution in [0.2, 0.25) is 0 Å². The predicted octanol–water partition coefficient (Wildman–Crippen LogP) is 16.7. The Morgan fingerprint density at radius 3 is 0.811 bits per heavy atom. The Morgan fingerprint density at radius 2 is 0.586 bits per heavy atom. The molecule has 0 amide bonds. The van der Waals surface area contributed by atoms with Crippen molar-refractivity contribution in [3.8, 4) is 33.4 Å². The van der Waals surface area contributed by atoms with E-state index in [2.05, 4.69) is 213 Å². The van der Waals surface area contributed by atoms with Crippen molar-refractivity contribution in [2.45, 2.75) is 254 Å². The van der Waals surface area contributed by atoms with Crippen LogP contribution >= 0.6 is 0 Å². The van der Waals surface area contributed by atoms with E-state index in [1.54, 1.807) is 0 Å². The fourth-order valence-electron chi connectivity index (χ4n) is 17.2. The van der Waals surface area contributed by atoms with Gasteiger partial charge in [0.1, 0.15) is 16.9 Å². The van der Waals surface area contributed by atoms with Crippen LogP contribution in [0.4, 0.5) is 17.8 Å². The maximum atomic E-state index is 10.1. The van der Waals surface area contributed by atoms with Crippen LogP contribution in [0.15, 0.2) is 110 Å². The van der Waals surface area contributed by atoms with Gasteiger partial charge in [0.25, 0.3) is 0 Å². The zero-order chi connectivity index (χ0) is 75.2. The van der Waals surface area contributed by atoms with Crippen LogP contribution in [0.5, 0.6) is 0 Å². The fraction of sp³-hybridized carbons (Fsp3) is 0.600. The Hall–Kier alpha value is -7.44. The third-order valence-corrected chi connectivity index (χ3v) is 24.0. The molecular weight excluding hydrogens is 1380 g/mol. The first-order valence-corrected chi connectivity index (χ1v) is 41.5. The number of fused-ring (bicyclic) bond motifs is 3. The number of aliphatic hydroxyl groups excluding tert-OH is 3. The molecule has 1 unspecified atom stereocenters. The standard InChI is InChI=1S/3C29H42N6O.3CH4/c3*1-4-5-21(2)31-29-30-18-26-27(20-35(28(26)32-29)24-10-12-25(36)13-11-24)23-8-6-22(7-9-23)19-34-16-14-33(3)15-17-34;;;/h3*6-9,18,20-21,24-25,36H,4-5,10-17,19H2,1-3H3,(H,30,31,32);3*1H4/t2*21-,24?,25?;;;;/m10..../s1. The molecule has 21 nitrogen and oxygen atoms in total. The lowest BCUT2D eigenvalue weighted by Gasteiger charge is -2.32. The predicted molar refractivity (Wildman–Crippen MR) is 462 cm³/mol. The van der Waals surface area contributed by atoms with E-state index in [0.29, 0.717) is 54.1 Å². The van der Waals surface area contributed by atoms with Gasteiger partial charge in [-0.15, -0.1) is 0 Å². The maximum absolute atomic E-state index is 10.1. The summed E-state index contributed by atoms with van der Waals surface area (Å²) >= 11 is 0. The second kappa shape index (κ2) is 41.0. The van der Waals surface area contributed by atoms with Crippen LogP contribution in [-0.2, 0) is 19.6 Å². The molecule has 6 aliphatic rings. The van der Waals surface area contributed by atoms with Crippen molar-refractivity contribution in [3.05, 3.63) is 127 Å². The minimum absolute atomic E-state index is 0. The number of nitrogens with zero attached hydrogens (tertiary/aromatic N) is 15. The Balaban J connectivity index is 0.000000175. The summed E-state index contributed by atoms with van der Waals surface area (Å²) in [5, 5.41) is 44.0. The number of benzene rings is 3. The van der Waals surface area contributed by atoms with E-state index >= 15 is 0 Å². The molecule has 15 rings (SSSR count). The highest BCUT2D eigenvalue weighted by Crippen LogP contribution is 2.41. The van der Waals surface area contributed by atoms with Gasteiger partial charge in [-0.1, -0.05) is 135 Å². The van der Waals surface area contributed by atoms with Crippen molar-refractivity contribution in [1.29, 1.82) is 0 Å². The SMILES string of the molecule is C.C.C.CCCC(C)Nc1ncc2c(-c3ccc(CN4CCN(C)CC4)cc3)cn(C3CCC(O)CC3)c2n1.CCC[C@@H](C)Nc1ncc2c(-c3ccc(CN4CCN(C)CC4)cc3)cn(C3CCC(O)CC3)c2n1.CCC[C@H](C)Nc1ncc2c(-c3ccc(CN4CCN(C)CC4)cc3)cn(C3CCC(O)CC3)c2n1. The molecule has 0 radical (unpaired) electrons. The Labute approximate surface area is 665 Å². The van der Waals surface area contributed by atoms with Crippen LogP contribution < -0.4 is 16.0 Å². The Kier molecular flexibility index (Phi) is 31.8. The van der Waals surface area contributed by atoms with Gasteiger partial charge in [0.15, 0.2) is 0 Å². The smallest absolute Gasteiger partial charge is 0.224 e.